The number of aromatic nitrogens is 1. The first-order valence-electron chi connectivity index (χ1n) is 7.60. The Labute approximate surface area is 150 Å². The van der Waals surface area contributed by atoms with Gasteiger partial charge in [-0.15, -0.1) is 0 Å². The molecular weight excluding hydrogens is 360 g/mol. The number of hydrogen-bond acceptors (Lipinski definition) is 6. The van der Waals surface area contributed by atoms with Gasteiger partial charge < -0.3 is 13.9 Å². The highest BCUT2D eigenvalue weighted by molar-refractivity contribution is 7.92. The van der Waals surface area contributed by atoms with Crippen LogP contribution in [-0.4, -0.2) is 34.3 Å². The molecule has 0 aliphatic heterocycles. The predicted octanol–water partition coefficient (Wildman–Crippen LogP) is 1.97. The number of ether oxygens (including phenoxy) is 2. The van der Waals surface area contributed by atoms with E-state index in [-0.39, 0.29) is 10.5 Å². The second-order valence-corrected chi connectivity index (χ2v) is 7.54. The van der Waals surface area contributed by atoms with Gasteiger partial charge in [0.25, 0.3) is 10.0 Å². The summed E-state index contributed by atoms with van der Waals surface area (Å²) in [6.45, 7) is 0. The summed E-state index contributed by atoms with van der Waals surface area (Å²) >= 11 is 0. The van der Waals surface area contributed by atoms with E-state index in [0.29, 0.717) is 22.7 Å². The molecule has 0 amide bonds. The maximum absolute atomic E-state index is 13.0. The first kappa shape index (κ1) is 17.9. The van der Waals surface area contributed by atoms with Crippen molar-refractivity contribution in [1.82, 2.24) is 4.57 Å². The summed E-state index contributed by atoms with van der Waals surface area (Å²) in [6.07, 6.45) is 0. The highest BCUT2D eigenvalue weighted by Gasteiger charge is 2.25. The van der Waals surface area contributed by atoms with E-state index in [4.69, 9.17) is 13.9 Å². The number of aryl methyl sites for hydroxylation is 1. The molecule has 0 fully saturated rings. The van der Waals surface area contributed by atoms with Gasteiger partial charge in [-0.1, -0.05) is 0 Å². The molecule has 0 radical (unpaired) electrons. The summed E-state index contributed by atoms with van der Waals surface area (Å²) in [7, 11) is 2.04. The van der Waals surface area contributed by atoms with Crippen LogP contribution in [0.25, 0.3) is 11.1 Å². The molecule has 1 aromatic heterocycles. The van der Waals surface area contributed by atoms with Crippen molar-refractivity contribution >= 4 is 26.8 Å². The number of oxazole rings is 1. The van der Waals surface area contributed by atoms with Crippen LogP contribution in [0.5, 0.6) is 11.5 Å². The van der Waals surface area contributed by atoms with Crippen LogP contribution in [0.2, 0.25) is 0 Å². The van der Waals surface area contributed by atoms with Gasteiger partial charge in [0.1, 0.15) is 11.5 Å². The van der Waals surface area contributed by atoms with Crippen molar-refractivity contribution in [3.05, 3.63) is 46.9 Å². The zero-order chi connectivity index (χ0) is 19.1. The van der Waals surface area contributed by atoms with E-state index in [2.05, 4.69) is 0 Å². The molecule has 0 bridgehead atoms. The molecule has 1 heterocycles. The molecule has 3 aromatic rings. The van der Waals surface area contributed by atoms with Gasteiger partial charge in [-0.3, -0.25) is 8.87 Å². The summed E-state index contributed by atoms with van der Waals surface area (Å²) in [5.74, 6) is 0.339. The lowest BCUT2D eigenvalue weighted by Gasteiger charge is -2.22. The maximum atomic E-state index is 13.0. The third-order valence-electron chi connectivity index (χ3n) is 4.15. The normalized spacial score (nSPS) is 11.5. The van der Waals surface area contributed by atoms with Gasteiger partial charge in [-0.25, -0.2) is 13.2 Å². The Morgan fingerprint density at radius 3 is 2.46 bits per heavy atom. The third-order valence-corrected chi connectivity index (χ3v) is 5.92. The highest BCUT2D eigenvalue weighted by Crippen LogP contribution is 2.34. The van der Waals surface area contributed by atoms with E-state index in [0.717, 1.165) is 4.31 Å². The molecular formula is C17H18N2O6S. The largest absolute Gasteiger partial charge is 0.497 e. The molecule has 0 spiro atoms. The average Bonchev–Trinajstić information content (AvgIpc) is 2.93. The Morgan fingerprint density at radius 2 is 1.81 bits per heavy atom. The summed E-state index contributed by atoms with van der Waals surface area (Å²) in [5.41, 5.74) is 1.07. The van der Waals surface area contributed by atoms with Crippen LogP contribution in [0.1, 0.15) is 0 Å². The minimum atomic E-state index is -3.90. The van der Waals surface area contributed by atoms with Gasteiger partial charge in [-0.05, 0) is 24.3 Å². The zero-order valence-corrected chi connectivity index (χ0v) is 15.5. The van der Waals surface area contributed by atoms with Gasteiger partial charge in [0.15, 0.2) is 5.58 Å². The molecule has 0 saturated heterocycles. The van der Waals surface area contributed by atoms with Crippen LogP contribution in [0.3, 0.4) is 0 Å². The number of methoxy groups -OCH3 is 2. The predicted molar refractivity (Wildman–Crippen MR) is 96.6 cm³/mol. The van der Waals surface area contributed by atoms with Crippen molar-refractivity contribution < 1.29 is 22.3 Å². The fourth-order valence-corrected chi connectivity index (χ4v) is 3.83. The lowest BCUT2D eigenvalue weighted by molar-refractivity contribution is 0.395. The molecule has 26 heavy (non-hydrogen) atoms. The Kier molecular flexibility index (Phi) is 4.41. The number of fused-ring (bicyclic) bond motifs is 1. The van der Waals surface area contributed by atoms with Crippen molar-refractivity contribution in [1.29, 1.82) is 0 Å². The Hall–Kier alpha value is -2.94. The van der Waals surface area contributed by atoms with Crippen molar-refractivity contribution in [2.24, 2.45) is 7.05 Å². The summed E-state index contributed by atoms with van der Waals surface area (Å²) in [4.78, 5) is 11.6. The molecule has 8 nitrogen and oxygen atoms in total. The van der Waals surface area contributed by atoms with Gasteiger partial charge in [-0.2, -0.15) is 0 Å². The molecule has 0 saturated carbocycles. The Bertz CT molecular complexity index is 1130. The second kappa shape index (κ2) is 6.41. The summed E-state index contributed by atoms with van der Waals surface area (Å²) < 4.78 is 43.9. The number of nitrogens with zero attached hydrogens (tertiary/aromatic N) is 2. The van der Waals surface area contributed by atoms with Gasteiger partial charge in [0.05, 0.1) is 30.3 Å². The van der Waals surface area contributed by atoms with E-state index < -0.39 is 15.8 Å². The molecule has 2 aromatic carbocycles. The van der Waals surface area contributed by atoms with E-state index in [9.17, 15) is 13.2 Å². The average molecular weight is 378 g/mol. The minimum Gasteiger partial charge on any atom is -0.497 e. The number of sulfonamides is 1. The van der Waals surface area contributed by atoms with E-state index >= 15 is 0 Å². The number of hydrogen-bond donors (Lipinski definition) is 0. The third kappa shape index (κ3) is 2.80. The molecule has 0 N–H and O–H groups in total. The standard InChI is InChI=1S/C17H18N2O6S/c1-18-13-8-6-12(10-16(13)25-17(18)20)26(21,22)19(2)14-7-5-11(23-3)9-15(14)24-4/h5-10H,1-4H3. The summed E-state index contributed by atoms with van der Waals surface area (Å²) in [6, 6.07) is 9.13. The maximum Gasteiger partial charge on any atom is 0.419 e. The number of rotatable bonds is 5. The van der Waals surface area contributed by atoms with E-state index in [1.807, 2.05) is 0 Å². The first-order valence-corrected chi connectivity index (χ1v) is 9.04. The van der Waals surface area contributed by atoms with Crippen LogP contribution in [-0.2, 0) is 17.1 Å². The van der Waals surface area contributed by atoms with E-state index in [1.54, 1.807) is 25.2 Å². The molecule has 0 aliphatic rings. The topological polar surface area (TPSA) is 91.0 Å². The van der Waals surface area contributed by atoms with Crippen LogP contribution in [0, 0.1) is 0 Å². The van der Waals surface area contributed by atoms with Gasteiger partial charge >= 0.3 is 5.76 Å². The van der Waals surface area contributed by atoms with Crippen molar-refractivity contribution in [2.75, 3.05) is 25.6 Å². The summed E-state index contributed by atoms with van der Waals surface area (Å²) in [5, 5.41) is 0. The quantitative estimate of drug-likeness (QED) is 0.674. The molecule has 0 aliphatic carbocycles. The number of benzene rings is 2. The first-order chi connectivity index (χ1) is 12.3. The molecule has 3 rings (SSSR count). The fraction of sp³-hybridized carbons (Fsp3) is 0.235. The lowest BCUT2D eigenvalue weighted by atomic mass is 10.3. The van der Waals surface area contributed by atoms with Crippen LogP contribution in [0.4, 0.5) is 5.69 Å². The molecule has 0 unspecified atom stereocenters. The second-order valence-electron chi connectivity index (χ2n) is 5.57. The molecule has 0 atom stereocenters. The Morgan fingerprint density at radius 1 is 1.08 bits per heavy atom. The van der Waals surface area contributed by atoms with Crippen molar-refractivity contribution in [2.45, 2.75) is 4.90 Å². The van der Waals surface area contributed by atoms with E-state index in [1.165, 1.54) is 44.0 Å². The van der Waals surface area contributed by atoms with Crippen LogP contribution in [0.15, 0.2) is 50.5 Å². The smallest absolute Gasteiger partial charge is 0.419 e. The Balaban J connectivity index is 2.09. The fourth-order valence-electron chi connectivity index (χ4n) is 2.61. The van der Waals surface area contributed by atoms with Crippen molar-refractivity contribution in [3.63, 3.8) is 0 Å². The van der Waals surface area contributed by atoms with Crippen LogP contribution >= 0.6 is 0 Å². The molecule has 9 heteroatoms. The highest BCUT2D eigenvalue weighted by atomic mass is 32.2. The number of anilines is 1. The zero-order valence-electron chi connectivity index (χ0n) is 14.7. The van der Waals surface area contributed by atoms with Crippen molar-refractivity contribution in [3.8, 4) is 11.5 Å². The SMILES string of the molecule is COc1ccc(N(C)S(=O)(=O)c2ccc3c(c2)oc(=O)n3C)c(OC)c1. The van der Waals surface area contributed by atoms with Gasteiger partial charge in [0, 0.05) is 26.2 Å². The monoisotopic (exact) mass is 378 g/mol. The van der Waals surface area contributed by atoms with Gasteiger partial charge in [0.2, 0.25) is 0 Å². The minimum absolute atomic E-state index is 0.000258. The molecule has 138 valence electrons. The van der Waals surface area contributed by atoms with Crippen LogP contribution < -0.4 is 19.5 Å². The lowest BCUT2D eigenvalue weighted by Crippen LogP contribution is -2.27.